The van der Waals surface area contributed by atoms with Crippen molar-refractivity contribution in [2.24, 2.45) is 0 Å². The molecule has 1 saturated heterocycles. The van der Waals surface area contributed by atoms with Gasteiger partial charge in [0.05, 0.1) is 41.0 Å². The van der Waals surface area contributed by atoms with Gasteiger partial charge in [0.25, 0.3) is 0 Å². The first-order chi connectivity index (χ1) is 14.0. The van der Waals surface area contributed by atoms with Gasteiger partial charge in [-0.2, -0.15) is 0 Å². The number of rotatable bonds is 6. The second kappa shape index (κ2) is 8.23. The van der Waals surface area contributed by atoms with Crippen LogP contribution in [0.5, 0.6) is 5.75 Å². The molecular weight excluding hydrogens is 410 g/mol. The maximum Gasteiger partial charge on any atom is 0.340 e. The normalized spacial score (nSPS) is 20.3. The summed E-state index contributed by atoms with van der Waals surface area (Å²) in [6, 6.07) is 2.65. The third kappa shape index (κ3) is 4.73. The van der Waals surface area contributed by atoms with Gasteiger partial charge in [0, 0.05) is 0 Å². The van der Waals surface area contributed by atoms with E-state index in [1.165, 1.54) is 0 Å². The second-order valence-electron chi connectivity index (χ2n) is 7.87. The van der Waals surface area contributed by atoms with Gasteiger partial charge in [-0.3, -0.25) is 4.79 Å². The number of amides is 1. The summed E-state index contributed by atoms with van der Waals surface area (Å²) in [7, 11) is -3.40. The summed E-state index contributed by atoms with van der Waals surface area (Å²) in [6.07, 6.45) is -1.47. The van der Waals surface area contributed by atoms with Crippen LogP contribution in [0.4, 0.5) is 0 Å². The Morgan fingerprint density at radius 2 is 2.03 bits per heavy atom. The number of carbonyl (C=O) groups excluding carboxylic acids is 1. The zero-order chi connectivity index (χ0) is 22.2. The van der Waals surface area contributed by atoms with E-state index in [4.69, 9.17) is 9.15 Å². The van der Waals surface area contributed by atoms with Gasteiger partial charge < -0.3 is 19.6 Å². The molecule has 0 aliphatic carbocycles. The lowest BCUT2D eigenvalue weighted by atomic mass is 10.0. The molecule has 1 fully saturated rings. The number of hydrogen-bond acceptors (Lipinski definition) is 7. The van der Waals surface area contributed by atoms with Crippen molar-refractivity contribution >= 4 is 26.7 Å². The minimum Gasteiger partial charge on any atom is -0.488 e. The first kappa shape index (κ1) is 22.0. The number of aliphatic hydroxyl groups is 1. The Balaban J connectivity index is 1.93. The number of sulfone groups is 1. The number of aliphatic hydroxyl groups excluding tert-OH is 1. The standard InChI is InChI=1S/C21H25NO7S/c1-11(2)8-28-17-5-12(3)6-18-20(17)13(4)14(21(25)29-18)7-19(24)22-15-9-30(26,27)10-16(15)23/h5-6,15-16,23H,1,7-10H2,2-4H3,(H,22,24)/t15-,16+/m0/s1. The summed E-state index contributed by atoms with van der Waals surface area (Å²) in [6.45, 7) is 9.50. The molecule has 0 spiro atoms. The quantitative estimate of drug-likeness (QED) is 0.516. The number of nitrogens with one attached hydrogen (secondary N) is 1. The number of ether oxygens (including phenoxy) is 1. The minimum atomic E-state index is -3.40. The molecule has 9 heteroatoms. The average Bonchev–Trinajstić information content (AvgIpc) is 2.87. The van der Waals surface area contributed by atoms with Gasteiger partial charge in [-0.05, 0) is 49.6 Å². The summed E-state index contributed by atoms with van der Waals surface area (Å²) in [5, 5.41) is 13.0. The molecule has 0 radical (unpaired) electrons. The average molecular weight is 435 g/mol. The fourth-order valence-electron chi connectivity index (χ4n) is 3.54. The molecule has 2 aromatic rings. The Bertz CT molecular complexity index is 1180. The largest absolute Gasteiger partial charge is 0.488 e. The Morgan fingerprint density at radius 1 is 1.33 bits per heavy atom. The van der Waals surface area contributed by atoms with E-state index in [0.717, 1.165) is 11.1 Å². The molecular formula is C21H25NO7S. The summed E-state index contributed by atoms with van der Waals surface area (Å²) in [4.78, 5) is 25.0. The Labute approximate surface area is 174 Å². The highest BCUT2D eigenvalue weighted by Crippen LogP contribution is 2.31. The molecule has 1 aromatic carbocycles. The SMILES string of the molecule is C=C(C)COc1cc(C)cc2oc(=O)c(CC(=O)N[C@H]3CS(=O)(=O)C[C@H]3O)c(C)c12. The van der Waals surface area contributed by atoms with E-state index in [1.807, 2.05) is 19.9 Å². The van der Waals surface area contributed by atoms with Crippen LogP contribution in [0.15, 0.2) is 33.5 Å². The van der Waals surface area contributed by atoms with E-state index in [9.17, 15) is 23.1 Å². The van der Waals surface area contributed by atoms with E-state index in [-0.39, 0.29) is 17.7 Å². The molecule has 1 amide bonds. The van der Waals surface area contributed by atoms with Gasteiger partial charge >= 0.3 is 5.63 Å². The lowest BCUT2D eigenvalue weighted by Gasteiger charge is -2.16. The van der Waals surface area contributed by atoms with Crippen LogP contribution < -0.4 is 15.7 Å². The molecule has 0 unspecified atom stereocenters. The fourth-order valence-corrected chi connectivity index (χ4v) is 5.28. The fraction of sp³-hybridized carbons (Fsp3) is 0.429. The first-order valence-corrected chi connectivity index (χ1v) is 11.3. The van der Waals surface area contributed by atoms with Crippen molar-refractivity contribution in [3.63, 3.8) is 0 Å². The van der Waals surface area contributed by atoms with Gasteiger partial charge in [0.15, 0.2) is 9.84 Å². The van der Waals surface area contributed by atoms with E-state index >= 15 is 0 Å². The van der Waals surface area contributed by atoms with Crippen molar-refractivity contribution in [2.75, 3.05) is 18.1 Å². The molecule has 2 N–H and O–H groups in total. The molecule has 1 aromatic heterocycles. The summed E-state index contributed by atoms with van der Waals surface area (Å²) >= 11 is 0. The maximum absolute atomic E-state index is 12.5. The Hall–Kier alpha value is -2.65. The van der Waals surface area contributed by atoms with Crippen molar-refractivity contribution in [1.29, 1.82) is 0 Å². The first-order valence-electron chi connectivity index (χ1n) is 9.49. The maximum atomic E-state index is 12.5. The zero-order valence-electron chi connectivity index (χ0n) is 17.1. The number of fused-ring (bicyclic) bond motifs is 1. The molecule has 1 aliphatic heterocycles. The smallest absolute Gasteiger partial charge is 0.340 e. The third-order valence-electron chi connectivity index (χ3n) is 4.97. The van der Waals surface area contributed by atoms with Crippen molar-refractivity contribution < 1.29 is 27.5 Å². The predicted octanol–water partition coefficient (Wildman–Crippen LogP) is 1.18. The minimum absolute atomic E-state index is 0.152. The van der Waals surface area contributed by atoms with Crippen molar-refractivity contribution in [2.45, 2.75) is 39.3 Å². The van der Waals surface area contributed by atoms with E-state index in [2.05, 4.69) is 11.9 Å². The summed E-state index contributed by atoms with van der Waals surface area (Å²) < 4.78 is 34.5. The van der Waals surface area contributed by atoms with Crippen LogP contribution in [0, 0.1) is 13.8 Å². The predicted molar refractivity (Wildman–Crippen MR) is 113 cm³/mol. The monoisotopic (exact) mass is 435 g/mol. The lowest BCUT2D eigenvalue weighted by Crippen LogP contribution is -2.43. The third-order valence-corrected chi connectivity index (χ3v) is 6.68. The number of hydrogen-bond donors (Lipinski definition) is 2. The van der Waals surface area contributed by atoms with Crippen LogP contribution in [0.2, 0.25) is 0 Å². The van der Waals surface area contributed by atoms with Gasteiger partial charge in [-0.25, -0.2) is 13.2 Å². The second-order valence-corrected chi connectivity index (χ2v) is 10.0. The van der Waals surface area contributed by atoms with E-state index < -0.39 is 39.3 Å². The molecule has 0 saturated carbocycles. The zero-order valence-corrected chi connectivity index (χ0v) is 18.0. The van der Waals surface area contributed by atoms with Crippen LogP contribution in [-0.4, -0.2) is 49.7 Å². The highest BCUT2D eigenvalue weighted by molar-refractivity contribution is 7.91. The van der Waals surface area contributed by atoms with Crippen LogP contribution in [0.3, 0.4) is 0 Å². The number of aryl methyl sites for hydroxylation is 2. The lowest BCUT2D eigenvalue weighted by molar-refractivity contribution is -0.121. The highest BCUT2D eigenvalue weighted by atomic mass is 32.2. The Morgan fingerprint density at radius 3 is 2.63 bits per heavy atom. The van der Waals surface area contributed by atoms with Crippen molar-refractivity contribution in [3.05, 3.63) is 51.4 Å². The molecule has 2 atom stereocenters. The van der Waals surface area contributed by atoms with Crippen molar-refractivity contribution in [3.8, 4) is 5.75 Å². The summed E-state index contributed by atoms with van der Waals surface area (Å²) in [5.41, 5.74) is 2.09. The van der Waals surface area contributed by atoms with Crippen LogP contribution >= 0.6 is 0 Å². The molecule has 2 heterocycles. The molecule has 1 aliphatic rings. The number of benzene rings is 1. The molecule has 162 valence electrons. The molecule has 8 nitrogen and oxygen atoms in total. The van der Waals surface area contributed by atoms with Crippen LogP contribution in [0.1, 0.15) is 23.6 Å². The number of carbonyl (C=O) groups is 1. The van der Waals surface area contributed by atoms with Gasteiger partial charge in [0.1, 0.15) is 17.9 Å². The van der Waals surface area contributed by atoms with E-state index in [0.29, 0.717) is 28.9 Å². The summed E-state index contributed by atoms with van der Waals surface area (Å²) in [5.74, 6) is -0.767. The van der Waals surface area contributed by atoms with E-state index in [1.54, 1.807) is 13.0 Å². The molecule has 3 rings (SSSR count). The topological polar surface area (TPSA) is 123 Å². The van der Waals surface area contributed by atoms with Crippen molar-refractivity contribution in [1.82, 2.24) is 5.32 Å². The van der Waals surface area contributed by atoms with Gasteiger partial charge in [-0.1, -0.05) is 6.58 Å². The highest BCUT2D eigenvalue weighted by Gasteiger charge is 2.37. The van der Waals surface area contributed by atoms with Crippen LogP contribution in [0.25, 0.3) is 11.0 Å². The molecule has 0 bridgehead atoms. The van der Waals surface area contributed by atoms with Gasteiger partial charge in [0.2, 0.25) is 5.91 Å². The Kier molecular flexibility index (Phi) is 6.05. The molecule has 30 heavy (non-hydrogen) atoms. The van der Waals surface area contributed by atoms with Gasteiger partial charge in [-0.15, -0.1) is 0 Å². The van der Waals surface area contributed by atoms with Crippen LogP contribution in [-0.2, 0) is 21.1 Å².